The fourth-order valence-corrected chi connectivity index (χ4v) is 4.96. The highest BCUT2D eigenvalue weighted by molar-refractivity contribution is 7.80. The summed E-state index contributed by atoms with van der Waals surface area (Å²) in [4.78, 5) is 15.5. The van der Waals surface area contributed by atoms with E-state index in [-0.39, 0.29) is 11.8 Å². The van der Waals surface area contributed by atoms with Crippen LogP contribution >= 0.6 is 12.2 Å². The highest BCUT2D eigenvalue weighted by Crippen LogP contribution is 2.43. The predicted molar refractivity (Wildman–Crippen MR) is 88.9 cm³/mol. The summed E-state index contributed by atoms with van der Waals surface area (Å²) in [6.07, 6.45) is 11.1. The Morgan fingerprint density at radius 2 is 1.71 bits per heavy atom. The van der Waals surface area contributed by atoms with Crippen molar-refractivity contribution in [1.29, 1.82) is 0 Å². The molecule has 4 heteroatoms. The number of amides is 1. The van der Waals surface area contributed by atoms with E-state index in [9.17, 15) is 4.79 Å². The van der Waals surface area contributed by atoms with E-state index in [1.165, 1.54) is 32.1 Å². The van der Waals surface area contributed by atoms with E-state index in [4.69, 9.17) is 18.0 Å². The molecule has 4 atom stereocenters. The van der Waals surface area contributed by atoms with Gasteiger partial charge < -0.3 is 10.6 Å². The third-order valence-corrected chi connectivity index (χ3v) is 6.36. The summed E-state index contributed by atoms with van der Waals surface area (Å²) in [6, 6.07) is 0. The van der Waals surface area contributed by atoms with Crippen LogP contribution in [0, 0.1) is 23.7 Å². The van der Waals surface area contributed by atoms with Gasteiger partial charge in [-0.2, -0.15) is 0 Å². The Morgan fingerprint density at radius 3 is 2.48 bits per heavy atom. The van der Waals surface area contributed by atoms with Gasteiger partial charge in [0, 0.05) is 24.9 Å². The van der Waals surface area contributed by atoms with Crippen LogP contribution in [0.3, 0.4) is 0 Å². The first-order valence-corrected chi connectivity index (χ1v) is 9.14. The van der Waals surface area contributed by atoms with Gasteiger partial charge in [0.2, 0.25) is 5.91 Å². The first-order valence-electron chi connectivity index (χ1n) is 8.73. The zero-order valence-corrected chi connectivity index (χ0v) is 13.7. The number of fused-ring (bicyclic) bond motifs is 1. The molecule has 1 saturated heterocycles. The van der Waals surface area contributed by atoms with E-state index in [2.05, 4.69) is 4.90 Å². The number of hydrogen-bond acceptors (Lipinski definition) is 2. The Labute approximate surface area is 133 Å². The summed E-state index contributed by atoms with van der Waals surface area (Å²) in [6.45, 7) is 1.67. The molecule has 4 unspecified atom stereocenters. The summed E-state index contributed by atoms with van der Waals surface area (Å²) in [5.74, 6) is 2.63. The summed E-state index contributed by atoms with van der Waals surface area (Å²) in [7, 11) is 0. The molecular formula is C17H28N2OS. The molecule has 0 aromatic rings. The molecule has 3 rings (SSSR count). The van der Waals surface area contributed by atoms with E-state index in [0.717, 1.165) is 50.6 Å². The molecule has 0 bridgehead atoms. The zero-order valence-electron chi connectivity index (χ0n) is 12.9. The van der Waals surface area contributed by atoms with Crippen molar-refractivity contribution >= 4 is 23.1 Å². The minimum absolute atomic E-state index is 0.240. The van der Waals surface area contributed by atoms with Crippen LogP contribution in [0.15, 0.2) is 0 Å². The van der Waals surface area contributed by atoms with Crippen molar-refractivity contribution in [2.24, 2.45) is 29.4 Å². The quantitative estimate of drug-likeness (QED) is 0.797. The van der Waals surface area contributed by atoms with Gasteiger partial charge in [0.25, 0.3) is 0 Å². The summed E-state index contributed by atoms with van der Waals surface area (Å²) in [5, 5.41) is 0. The smallest absolute Gasteiger partial charge is 0.225 e. The minimum Gasteiger partial charge on any atom is -0.393 e. The average molecular weight is 308 g/mol. The number of thiocarbonyl (C=S) groups is 1. The summed E-state index contributed by atoms with van der Waals surface area (Å²) < 4.78 is 0. The molecule has 0 aromatic heterocycles. The van der Waals surface area contributed by atoms with Gasteiger partial charge in [0.1, 0.15) is 0 Å². The largest absolute Gasteiger partial charge is 0.393 e. The van der Waals surface area contributed by atoms with Gasteiger partial charge in [-0.25, -0.2) is 0 Å². The lowest BCUT2D eigenvalue weighted by atomic mass is 9.67. The van der Waals surface area contributed by atoms with E-state index in [1.54, 1.807) is 0 Å². The van der Waals surface area contributed by atoms with Crippen molar-refractivity contribution in [3.05, 3.63) is 0 Å². The first-order chi connectivity index (χ1) is 10.1. The lowest BCUT2D eigenvalue weighted by Gasteiger charge is -2.41. The number of carbonyl (C=O) groups is 1. The second-order valence-corrected chi connectivity index (χ2v) is 7.81. The number of hydrogen-bond donors (Lipinski definition) is 1. The van der Waals surface area contributed by atoms with Gasteiger partial charge in [-0.1, -0.05) is 37.9 Å². The molecule has 0 radical (unpaired) electrons. The number of likely N-dealkylation sites (tertiary alicyclic amines) is 1. The topological polar surface area (TPSA) is 46.3 Å². The Hall–Kier alpha value is -0.640. The molecule has 1 aliphatic heterocycles. The fourth-order valence-electron chi connectivity index (χ4n) is 4.77. The van der Waals surface area contributed by atoms with Gasteiger partial charge >= 0.3 is 0 Å². The molecular weight excluding hydrogens is 280 g/mol. The third-order valence-electron chi connectivity index (χ3n) is 6.02. The van der Waals surface area contributed by atoms with Gasteiger partial charge in [0.05, 0.1) is 4.99 Å². The number of piperidine rings is 1. The molecule has 118 valence electrons. The maximum absolute atomic E-state index is 12.8. The van der Waals surface area contributed by atoms with Crippen LogP contribution in [-0.2, 0) is 4.79 Å². The van der Waals surface area contributed by atoms with Gasteiger partial charge in [-0.15, -0.1) is 0 Å². The molecule has 1 heterocycles. The van der Waals surface area contributed by atoms with E-state index in [1.807, 2.05) is 0 Å². The Morgan fingerprint density at radius 1 is 0.952 bits per heavy atom. The molecule has 3 nitrogen and oxygen atoms in total. The van der Waals surface area contributed by atoms with Gasteiger partial charge in [-0.3, -0.25) is 4.79 Å². The van der Waals surface area contributed by atoms with Crippen molar-refractivity contribution in [3.63, 3.8) is 0 Å². The van der Waals surface area contributed by atoms with E-state index in [0.29, 0.717) is 10.9 Å². The molecule has 0 spiro atoms. The summed E-state index contributed by atoms with van der Waals surface area (Å²) >= 11 is 5.13. The number of nitrogens with zero attached hydrogens (tertiary/aromatic N) is 1. The van der Waals surface area contributed by atoms with Crippen molar-refractivity contribution in [1.82, 2.24) is 4.90 Å². The lowest BCUT2D eigenvalue weighted by molar-refractivity contribution is -0.139. The summed E-state index contributed by atoms with van der Waals surface area (Å²) in [5.41, 5.74) is 5.79. The van der Waals surface area contributed by atoms with Crippen molar-refractivity contribution in [3.8, 4) is 0 Å². The fraction of sp³-hybridized carbons (Fsp3) is 0.882. The highest BCUT2D eigenvalue weighted by Gasteiger charge is 2.37. The van der Waals surface area contributed by atoms with Gasteiger partial charge in [-0.05, 0) is 43.9 Å². The number of rotatable bonds is 2. The van der Waals surface area contributed by atoms with Crippen molar-refractivity contribution in [2.45, 2.75) is 57.8 Å². The number of carbonyl (C=O) groups excluding carboxylic acids is 1. The average Bonchev–Trinajstić information content (AvgIpc) is 2.53. The molecule has 2 saturated carbocycles. The molecule has 3 fully saturated rings. The molecule has 3 aliphatic rings. The minimum atomic E-state index is 0.240. The van der Waals surface area contributed by atoms with Crippen LogP contribution in [0.2, 0.25) is 0 Å². The van der Waals surface area contributed by atoms with Crippen molar-refractivity contribution < 1.29 is 4.79 Å². The second kappa shape index (κ2) is 6.64. The van der Waals surface area contributed by atoms with E-state index >= 15 is 0 Å². The standard InChI is InChI=1S/C17H28N2OS/c18-16(21)15-6-3-9-19(11-15)17(20)14-8-7-12-4-1-2-5-13(12)10-14/h12-15H,1-11H2,(H2,18,21). The van der Waals surface area contributed by atoms with Crippen LogP contribution in [0.25, 0.3) is 0 Å². The van der Waals surface area contributed by atoms with Crippen molar-refractivity contribution in [2.75, 3.05) is 13.1 Å². The van der Waals surface area contributed by atoms with Crippen LogP contribution < -0.4 is 5.73 Å². The van der Waals surface area contributed by atoms with Gasteiger partial charge in [0.15, 0.2) is 0 Å². The zero-order chi connectivity index (χ0) is 14.8. The highest BCUT2D eigenvalue weighted by atomic mass is 32.1. The maximum atomic E-state index is 12.8. The van der Waals surface area contributed by atoms with Crippen LogP contribution in [-0.4, -0.2) is 28.9 Å². The molecule has 2 N–H and O–H groups in total. The monoisotopic (exact) mass is 308 g/mol. The van der Waals surface area contributed by atoms with Crippen LogP contribution in [0.5, 0.6) is 0 Å². The maximum Gasteiger partial charge on any atom is 0.225 e. The lowest BCUT2D eigenvalue weighted by Crippen LogP contribution is -2.47. The Balaban J connectivity index is 1.58. The second-order valence-electron chi connectivity index (χ2n) is 7.34. The molecule has 1 amide bonds. The first kappa shape index (κ1) is 15.3. The van der Waals surface area contributed by atoms with Crippen LogP contribution in [0.4, 0.5) is 0 Å². The molecule has 0 aromatic carbocycles. The third kappa shape index (κ3) is 3.41. The molecule has 21 heavy (non-hydrogen) atoms. The Kier molecular flexibility index (Phi) is 4.82. The van der Waals surface area contributed by atoms with Crippen LogP contribution in [0.1, 0.15) is 57.8 Å². The Bertz CT molecular complexity index is 412. The normalized spacial score (nSPS) is 36.9. The predicted octanol–water partition coefficient (Wildman–Crippen LogP) is 3.12. The van der Waals surface area contributed by atoms with E-state index < -0.39 is 0 Å². The SMILES string of the molecule is NC(=S)C1CCCN(C(=O)C2CCC3CCCCC3C2)C1. The molecule has 2 aliphatic carbocycles. The number of nitrogens with two attached hydrogens (primary N) is 1.